The van der Waals surface area contributed by atoms with E-state index in [1.54, 1.807) is 19.2 Å². The van der Waals surface area contributed by atoms with Gasteiger partial charge in [-0.05, 0) is 42.5 Å². The summed E-state index contributed by atoms with van der Waals surface area (Å²) in [6.45, 7) is 0.863. The summed E-state index contributed by atoms with van der Waals surface area (Å²) in [4.78, 5) is 11.1. The van der Waals surface area contributed by atoms with Crippen LogP contribution in [-0.2, 0) is 0 Å². The molecular weight excluding hydrogens is 306 g/mol. The first-order chi connectivity index (χ1) is 10.6. The van der Waals surface area contributed by atoms with E-state index in [0.29, 0.717) is 23.9 Å². The summed E-state index contributed by atoms with van der Waals surface area (Å²) >= 11 is 5.80. The molecule has 0 unspecified atom stereocenters. The van der Waals surface area contributed by atoms with Crippen LogP contribution >= 0.6 is 11.6 Å². The molecule has 116 valence electrons. The van der Waals surface area contributed by atoms with Crippen molar-refractivity contribution in [2.24, 2.45) is 0 Å². The molecule has 0 aromatic heterocycles. The van der Waals surface area contributed by atoms with Crippen LogP contribution in [0.3, 0.4) is 0 Å². The monoisotopic (exact) mass is 321 g/mol. The van der Waals surface area contributed by atoms with Gasteiger partial charge in [-0.2, -0.15) is 0 Å². The Kier molecular flexibility index (Phi) is 5.49. The minimum absolute atomic E-state index is 0.136. The highest BCUT2D eigenvalue weighted by atomic mass is 35.5. The van der Waals surface area contributed by atoms with Gasteiger partial charge < -0.3 is 19.9 Å². The van der Waals surface area contributed by atoms with Crippen LogP contribution in [-0.4, -0.2) is 31.3 Å². The summed E-state index contributed by atoms with van der Waals surface area (Å²) in [6, 6.07) is 11.9. The molecule has 2 aromatic rings. The summed E-state index contributed by atoms with van der Waals surface area (Å²) in [6.07, 6.45) is 0. The molecule has 0 saturated heterocycles. The first-order valence-electron chi connectivity index (χ1n) is 6.63. The van der Waals surface area contributed by atoms with Crippen molar-refractivity contribution < 1.29 is 19.4 Å². The molecule has 0 aliphatic heterocycles. The zero-order chi connectivity index (χ0) is 15.9. The topological polar surface area (TPSA) is 67.8 Å². The summed E-state index contributed by atoms with van der Waals surface area (Å²) in [7, 11) is 1.60. The van der Waals surface area contributed by atoms with Gasteiger partial charge in [-0.15, -0.1) is 0 Å². The largest absolute Gasteiger partial charge is 0.497 e. The predicted molar refractivity (Wildman–Crippen MR) is 85.4 cm³/mol. The van der Waals surface area contributed by atoms with Crippen molar-refractivity contribution in [1.82, 2.24) is 0 Å². The fourth-order valence-electron chi connectivity index (χ4n) is 1.87. The maximum absolute atomic E-state index is 11.1. The quantitative estimate of drug-likeness (QED) is 0.763. The third kappa shape index (κ3) is 4.30. The van der Waals surface area contributed by atoms with E-state index in [9.17, 15) is 4.79 Å². The van der Waals surface area contributed by atoms with Crippen molar-refractivity contribution >= 4 is 23.3 Å². The van der Waals surface area contributed by atoms with Crippen LogP contribution in [0.5, 0.6) is 11.5 Å². The Labute approximate surface area is 133 Å². The highest BCUT2D eigenvalue weighted by Gasteiger charge is 2.10. The number of anilines is 1. The molecule has 2 N–H and O–H groups in total. The van der Waals surface area contributed by atoms with Gasteiger partial charge in [0.15, 0.2) is 0 Å². The van der Waals surface area contributed by atoms with Crippen LogP contribution < -0.4 is 14.8 Å². The number of carbonyl (C=O) groups is 1. The molecule has 0 fully saturated rings. The first-order valence-corrected chi connectivity index (χ1v) is 7.01. The van der Waals surface area contributed by atoms with E-state index in [-0.39, 0.29) is 5.56 Å². The summed E-state index contributed by atoms with van der Waals surface area (Å²) in [5, 5.41) is 12.5. The fourth-order valence-corrected chi connectivity index (χ4v) is 2.05. The van der Waals surface area contributed by atoms with Crippen molar-refractivity contribution in [2.45, 2.75) is 0 Å². The van der Waals surface area contributed by atoms with Gasteiger partial charge in [0.25, 0.3) is 0 Å². The molecule has 0 radical (unpaired) electrons. The standard InChI is InChI=1S/C16H16ClNO4/c1-21-12-3-5-13(6-4-12)22-9-8-18-15-7-2-11(17)10-14(15)16(19)20/h2-7,10,18H,8-9H2,1H3,(H,19,20). The van der Waals surface area contributed by atoms with Crippen molar-refractivity contribution in [3.63, 3.8) is 0 Å². The molecule has 0 spiro atoms. The van der Waals surface area contributed by atoms with Crippen molar-refractivity contribution in [3.8, 4) is 11.5 Å². The second kappa shape index (κ2) is 7.56. The second-order valence-corrected chi connectivity index (χ2v) is 4.88. The van der Waals surface area contributed by atoms with Gasteiger partial charge in [-0.3, -0.25) is 0 Å². The fraction of sp³-hybridized carbons (Fsp3) is 0.188. The van der Waals surface area contributed by atoms with Crippen LogP contribution in [0.25, 0.3) is 0 Å². The molecule has 0 bridgehead atoms. The number of methoxy groups -OCH3 is 1. The predicted octanol–water partition coefficient (Wildman–Crippen LogP) is 3.54. The Balaban J connectivity index is 1.87. The number of rotatable bonds is 7. The zero-order valence-electron chi connectivity index (χ0n) is 12.0. The number of ether oxygens (including phenoxy) is 2. The molecule has 0 aliphatic carbocycles. The molecular formula is C16H16ClNO4. The molecule has 0 atom stereocenters. The molecule has 5 nitrogen and oxygen atoms in total. The van der Waals surface area contributed by atoms with Gasteiger partial charge in [0, 0.05) is 17.3 Å². The van der Waals surface area contributed by atoms with Gasteiger partial charge in [0.05, 0.1) is 12.7 Å². The lowest BCUT2D eigenvalue weighted by Crippen LogP contribution is -2.14. The lowest BCUT2D eigenvalue weighted by Gasteiger charge is -2.11. The molecule has 2 rings (SSSR count). The molecule has 0 saturated carbocycles. The van der Waals surface area contributed by atoms with Crippen LogP contribution in [0.2, 0.25) is 5.02 Å². The van der Waals surface area contributed by atoms with E-state index in [0.717, 1.165) is 11.5 Å². The Bertz CT molecular complexity index is 643. The number of hydrogen-bond acceptors (Lipinski definition) is 4. The zero-order valence-corrected chi connectivity index (χ0v) is 12.8. The third-order valence-corrected chi connectivity index (χ3v) is 3.19. The molecule has 0 heterocycles. The Morgan fingerprint density at radius 3 is 2.50 bits per heavy atom. The van der Waals surface area contributed by atoms with Gasteiger partial charge in [-0.1, -0.05) is 11.6 Å². The number of hydrogen-bond donors (Lipinski definition) is 2. The molecule has 0 aliphatic rings. The van der Waals surface area contributed by atoms with Crippen LogP contribution in [0.15, 0.2) is 42.5 Å². The van der Waals surface area contributed by atoms with Gasteiger partial charge in [-0.25, -0.2) is 4.79 Å². The van der Waals surface area contributed by atoms with E-state index >= 15 is 0 Å². The maximum atomic E-state index is 11.1. The van der Waals surface area contributed by atoms with Gasteiger partial charge in [0.1, 0.15) is 18.1 Å². The second-order valence-electron chi connectivity index (χ2n) is 4.45. The molecule has 2 aromatic carbocycles. The molecule has 0 amide bonds. The number of aromatic carboxylic acids is 1. The van der Waals surface area contributed by atoms with E-state index in [4.69, 9.17) is 26.2 Å². The highest BCUT2D eigenvalue weighted by Crippen LogP contribution is 2.21. The average molecular weight is 322 g/mol. The van der Waals surface area contributed by atoms with Crippen LogP contribution in [0.1, 0.15) is 10.4 Å². The van der Waals surface area contributed by atoms with Crippen molar-refractivity contribution in [2.75, 3.05) is 25.6 Å². The number of halogens is 1. The lowest BCUT2D eigenvalue weighted by atomic mass is 10.2. The number of carboxylic acids is 1. The number of nitrogens with one attached hydrogen (secondary N) is 1. The van der Waals surface area contributed by atoms with Crippen molar-refractivity contribution in [3.05, 3.63) is 53.1 Å². The summed E-state index contributed by atoms with van der Waals surface area (Å²) < 4.78 is 10.6. The SMILES string of the molecule is COc1ccc(OCCNc2ccc(Cl)cc2C(=O)O)cc1. The first kappa shape index (κ1) is 16.0. The smallest absolute Gasteiger partial charge is 0.337 e. The van der Waals surface area contributed by atoms with E-state index in [1.807, 2.05) is 24.3 Å². The van der Waals surface area contributed by atoms with E-state index in [2.05, 4.69) is 5.32 Å². The number of benzene rings is 2. The minimum atomic E-state index is -1.03. The van der Waals surface area contributed by atoms with E-state index in [1.165, 1.54) is 6.07 Å². The maximum Gasteiger partial charge on any atom is 0.337 e. The minimum Gasteiger partial charge on any atom is -0.497 e. The van der Waals surface area contributed by atoms with Gasteiger partial charge >= 0.3 is 5.97 Å². The molecule has 6 heteroatoms. The van der Waals surface area contributed by atoms with Crippen molar-refractivity contribution in [1.29, 1.82) is 0 Å². The average Bonchev–Trinajstić information content (AvgIpc) is 2.53. The number of carboxylic acid groups (broad SMARTS) is 1. The normalized spacial score (nSPS) is 10.1. The van der Waals surface area contributed by atoms with Crippen LogP contribution in [0, 0.1) is 0 Å². The summed E-state index contributed by atoms with van der Waals surface area (Å²) in [5.41, 5.74) is 0.646. The Morgan fingerprint density at radius 1 is 1.18 bits per heavy atom. The van der Waals surface area contributed by atoms with Gasteiger partial charge in [0.2, 0.25) is 0 Å². The van der Waals surface area contributed by atoms with E-state index < -0.39 is 5.97 Å². The Morgan fingerprint density at radius 2 is 1.86 bits per heavy atom. The Hall–Kier alpha value is -2.40. The third-order valence-electron chi connectivity index (χ3n) is 2.96. The van der Waals surface area contributed by atoms with Crippen LogP contribution in [0.4, 0.5) is 5.69 Å². The summed E-state index contributed by atoms with van der Waals surface area (Å²) in [5.74, 6) is 0.455. The lowest BCUT2D eigenvalue weighted by molar-refractivity contribution is 0.0698. The highest BCUT2D eigenvalue weighted by molar-refractivity contribution is 6.31. The molecule has 22 heavy (non-hydrogen) atoms.